The van der Waals surface area contributed by atoms with Crippen LogP contribution in [0.25, 0.3) is 0 Å². The van der Waals surface area contributed by atoms with Gasteiger partial charge in [-0.15, -0.1) is 0 Å². The molecule has 0 saturated heterocycles. The maximum absolute atomic E-state index is 13.5. The fraction of sp³-hybridized carbons (Fsp3) is 0.250. The maximum Gasteiger partial charge on any atom is 0.263 e. The van der Waals surface area contributed by atoms with Crippen LogP contribution >= 0.6 is 0 Å². The minimum atomic E-state index is -3.86. The van der Waals surface area contributed by atoms with E-state index in [2.05, 4.69) is 9.82 Å². The van der Waals surface area contributed by atoms with Crippen molar-refractivity contribution in [1.82, 2.24) is 9.78 Å². The van der Waals surface area contributed by atoms with E-state index in [-0.39, 0.29) is 16.1 Å². The molecule has 0 aliphatic carbocycles. The topological polar surface area (TPSA) is 90.0 Å². The molecule has 1 aromatic heterocycles. The fourth-order valence-corrected chi connectivity index (χ4v) is 3.58. The first-order chi connectivity index (χ1) is 9.24. The lowest BCUT2D eigenvalue weighted by molar-refractivity contribution is 0.597. The van der Waals surface area contributed by atoms with E-state index in [0.717, 1.165) is 6.07 Å². The summed E-state index contributed by atoms with van der Waals surface area (Å²) in [5.41, 5.74) is 5.89. The minimum absolute atomic E-state index is 0.0161. The van der Waals surface area contributed by atoms with Crippen molar-refractivity contribution in [2.75, 3.05) is 10.5 Å². The molecule has 0 unspecified atom stereocenters. The Hall–Kier alpha value is -2.09. The van der Waals surface area contributed by atoms with Crippen molar-refractivity contribution in [2.45, 2.75) is 18.7 Å². The molecule has 8 heteroatoms. The number of nitrogens with zero attached hydrogens (tertiary/aromatic N) is 2. The van der Waals surface area contributed by atoms with Gasteiger partial charge in [-0.2, -0.15) is 5.10 Å². The summed E-state index contributed by atoms with van der Waals surface area (Å²) in [6.07, 6.45) is 1.47. The number of aromatic nitrogens is 2. The highest BCUT2D eigenvalue weighted by Gasteiger charge is 2.23. The smallest absolute Gasteiger partial charge is 0.263 e. The number of aryl methyl sites for hydroxylation is 2. The molecule has 0 aliphatic rings. The van der Waals surface area contributed by atoms with E-state index in [9.17, 15) is 12.8 Å². The first-order valence-electron chi connectivity index (χ1n) is 5.80. The molecule has 1 heterocycles. The zero-order valence-corrected chi connectivity index (χ0v) is 12.1. The van der Waals surface area contributed by atoms with E-state index in [1.807, 2.05) is 0 Å². The zero-order valence-electron chi connectivity index (χ0n) is 11.3. The molecular formula is C12H15FN4O2S. The SMILES string of the molecule is Cc1cc(F)c(N)c(C)c1S(=O)(=O)Nc1ccnn1C. The fourth-order valence-electron chi connectivity index (χ4n) is 2.01. The largest absolute Gasteiger partial charge is 0.396 e. The van der Waals surface area contributed by atoms with Gasteiger partial charge in [0.05, 0.1) is 16.8 Å². The number of anilines is 2. The van der Waals surface area contributed by atoms with Gasteiger partial charge in [-0.25, -0.2) is 12.8 Å². The van der Waals surface area contributed by atoms with E-state index in [4.69, 9.17) is 5.73 Å². The molecule has 1 aromatic carbocycles. The molecule has 0 bridgehead atoms. The molecule has 0 atom stereocenters. The average molecular weight is 298 g/mol. The molecule has 0 aliphatic heterocycles. The summed E-state index contributed by atoms with van der Waals surface area (Å²) in [5.74, 6) is -0.314. The van der Waals surface area contributed by atoms with E-state index < -0.39 is 15.8 Å². The number of nitrogens with two attached hydrogens (primary N) is 1. The standard InChI is InChI=1S/C12H15FN4O2S/c1-7-6-9(13)11(14)8(2)12(7)20(18,19)16-10-4-5-15-17(10)3/h4-6,16H,14H2,1-3H3. The normalized spacial score (nSPS) is 11.6. The minimum Gasteiger partial charge on any atom is -0.396 e. The van der Waals surface area contributed by atoms with Crippen molar-refractivity contribution < 1.29 is 12.8 Å². The second kappa shape index (κ2) is 4.78. The monoisotopic (exact) mass is 298 g/mol. The van der Waals surface area contributed by atoms with Gasteiger partial charge in [0.15, 0.2) is 0 Å². The number of hydrogen-bond donors (Lipinski definition) is 2. The third-order valence-electron chi connectivity index (χ3n) is 3.03. The van der Waals surface area contributed by atoms with Crippen molar-refractivity contribution in [3.8, 4) is 0 Å². The van der Waals surface area contributed by atoms with Gasteiger partial charge in [0.25, 0.3) is 10.0 Å². The summed E-state index contributed by atoms with van der Waals surface area (Å²) in [6, 6.07) is 2.63. The molecule has 0 fully saturated rings. The number of nitrogens with one attached hydrogen (secondary N) is 1. The molecule has 2 aromatic rings. The predicted octanol–water partition coefficient (Wildman–Crippen LogP) is 1.56. The Morgan fingerprint density at radius 3 is 2.60 bits per heavy atom. The van der Waals surface area contributed by atoms with E-state index in [1.54, 1.807) is 7.05 Å². The number of nitrogen functional groups attached to an aromatic ring is 1. The molecule has 0 radical (unpaired) electrons. The Kier molecular flexibility index (Phi) is 3.43. The van der Waals surface area contributed by atoms with Crippen LogP contribution < -0.4 is 10.5 Å². The molecule has 6 nitrogen and oxygen atoms in total. The zero-order chi connectivity index (χ0) is 15.1. The Balaban J connectivity index is 2.56. The van der Waals surface area contributed by atoms with Crippen LogP contribution in [0.1, 0.15) is 11.1 Å². The Bertz CT molecular complexity index is 768. The summed E-state index contributed by atoms with van der Waals surface area (Å²) >= 11 is 0. The van der Waals surface area contributed by atoms with Gasteiger partial charge in [-0.3, -0.25) is 9.40 Å². The van der Waals surface area contributed by atoms with Crippen molar-refractivity contribution in [3.63, 3.8) is 0 Å². The summed E-state index contributed by atoms with van der Waals surface area (Å²) < 4.78 is 42.1. The molecule has 20 heavy (non-hydrogen) atoms. The Morgan fingerprint density at radius 1 is 1.40 bits per heavy atom. The Labute approximate surface area is 116 Å². The van der Waals surface area contributed by atoms with Gasteiger partial charge in [-0.1, -0.05) is 0 Å². The maximum atomic E-state index is 13.5. The molecule has 0 amide bonds. The lowest BCUT2D eigenvalue weighted by Crippen LogP contribution is -2.18. The van der Waals surface area contributed by atoms with Gasteiger partial charge in [-0.05, 0) is 31.0 Å². The molecule has 0 spiro atoms. The first kappa shape index (κ1) is 14.3. The molecule has 108 valence electrons. The summed E-state index contributed by atoms with van der Waals surface area (Å²) in [6.45, 7) is 3.00. The van der Waals surface area contributed by atoms with Crippen LogP contribution in [-0.4, -0.2) is 18.2 Å². The summed E-state index contributed by atoms with van der Waals surface area (Å²) in [4.78, 5) is -0.0161. The number of rotatable bonds is 3. The van der Waals surface area contributed by atoms with Crippen LogP contribution in [0.3, 0.4) is 0 Å². The third kappa shape index (κ3) is 2.34. The highest BCUT2D eigenvalue weighted by atomic mass is 32.2. The van der Waals surface area contributed by atoms with Crippen LogP contribution in [0.5, 0.6) is 0 Å². The predicted molar refractivity (Wildman–Crippen MR) is 74.3 cm³/mol. The van der Waals surface area contributed by atoms with Gasteiger partial charge in [0, 0.05) is 13.1 Å². The summed E-state index contributed by atoms with van der Waals surface area (Å²) in [5, 5.41) is 3.88. The van der Waals surface area contributed by atoms with Crippen molar-refractivity contribution in [1.29, 1.82) is 0 Å². The van der Waals surface area contributed by atoms with E-state index in [1.165, 1.54) is 30.8 Å². The lowest BCUT2D eigenvalue weighted by atomic mass is 10.1. The average Bonchev–Trinajstić information content (AvgIpc) is 2.71. The van der Waals surface area contributed by atoms with Crippen LogP contribution in [0.15, 0.2) is 23.2 Å². The second-order valence-electron chi connectivity index (χ2n) is 4.49. The van der Waals surface area contributed by atoms with Crippen LogP contribution in [0.2, 0.25) is 0 Å². The highest BCUT2D eigenvalue weighted by Crippen LogP contribution is 2.28. The van der Waals surface area contributed by atoms with E-state index >= 15 is 0 Å². The van der Waals surface area contributed by atoms with Crippen molar-refractivity contribution in [2.24, 2.45) is 7.05 Å². The quantitative estimate of drug-likeness (QED) is 0.841. The highest BCUT2D eigenvalue weighted by molar-refractivity contribution is 7.92. The van der Waals surface area contributed by atoms with Crippen LogP contribution in [0, 0.1) is 19.7 Å². The van der Waals surface area contributed by atoms with E-state index in [0.29, 0.717) is 11.4 Å². The molecule has 3 N–H and O–H groups in total. The molecule has 0 saturated carbocycles. The molecule has 2 rings (SSSR count). The second-order valence-corrected chi connectivity index (χ2v) is 6.11. The lowest BCUT2D eigenvalue weighted by Gasteiger charge is -2.15. The number of halogens is 1. The third-order valence-corrected chi connectivity index (χ3v) is 4.68. The summed E-state index contributed by atoms with van der Waals surface area (Å²) in [7, 11) is -2.26. The number of benzene rings is 1. The van der Waals surface area contributed by atoms with Crippen LogP contribution in [-0.2, 0) is 17.1 Å². The van der Waals surface area contributed by atoms with Crippen molar-refractivity contribution >= 4 is 21.5 Å². The van der Waals surface area contributed by atoms with Gasteiger partial charge in [0.1, 0.15) is 11.6 Å². The van der Waals surface area contributed by atoms with Gasteiger partial charge >= 0.3 is 0 Å². The first-order valence-corrected chi connectivity index (χ1v) is 7.28. The Morgan fingerprint density at radius 2 is 2.05 bits per heavy atom. The number of hydrogen-bond acceptors (Lipinski definition) is 4. The van der Waals surface area contributed by atoms with Crippen LogP contribution in [0.4, 0.5) is 15.9 Å². The number of sulfonamides is 1. The van der Waals surface area contributed by atoms with Crippen molar-refractivity contribution in [3.05, 3.63) is 35.3 Å². The van der Waals surface area contributed by atoms with Gasteiger partial charge in [0.2, 0.25) is 0 Å². The van der Waals surface area contributed by atoms with Gasteiger partial charge < -0.3 is 5.73 Å². The molecular weight excluding hydrogens is 283 g/mol.